The van der Waals surface area contributed by atoms with Crippen LogP contribution in [0.5, 0.6) is 0 Å². The van der Waals surface area contributed by atoms with Gasteiger partial charge in [-0.25, -0.2) is 4.98 Å². The van der Waals surface area contributed by atoms with Gasteiger partial charge in [-0.1, -0.05) is 30.3 Å². The van der Waals surface area contributed by atoms with E-state index in [1.165, 1.54) is 4.90 Å². The number of carbonyl (C=O) groups excluding carboxylic acids is 1. The molecule has 0 saturated carbocycles. The first-order valence-corrected chi connectivity index (χ1v) is 7.59. The molecule has 1 unspecified atom stereocenters. The number of anilines is 1. The lowest BCUT2D eigenvalue weighted by atomic mass is 9.93. The first kappa shape index (κ1) is 17.0. The number of nitrogens with zero attached hydrogens (tertiary/aromatic N) is 2. The van der Waals surface area contributed by atoms with E-state index in [-0.39, 0.29) is 5.91 Å². The number of hydrogen-bond donors (Lipinski definition) is 2. The molecule has 2 N–H and O–H groups in total. The van der Waals surface area contributed by atoms with Crippen molar-refractivity contribution in [1.29, 1.82) is 0 Å². The molecule has 0 fully saturated rings. The molecule has 1 aromatic carbocycles. The summed E-state index contributed by atoms with van der Waals surface area (Å²) >= 11 is 0. The molecule has 1 aromatic heterocycles. The highest BCUT2D eigenvalue weighted by atomic mass is 16.3. The van der Waals surface area contributed by atoms with Crippen LogP contribution in [0.15, 0.2) is 48.7 Å². The van der Waals surface area contributed by atoms with E-state index in [9.17, 15) is 9.90 Å². The van der Waals surface area contributed by atoms with Crippen molar-refractivity contribution in [3.05, 3.63) is 59.8 Å². The van der Waals surface area contributed by atoms with Gasteiger partial charge in [-0.05, 0) is 31.0 Å². The molecular formula is C18H23N3O2. The van der Waals surface area contributed by atoms with Crippen LogP contribution in [-0.4, -0.2) is 41.5 Å². The molecule has 23 heavy (non-hydrogen) atoms. The van der Waals surface area contributed by atoms with E-state index in [0.717, 1.165) is 5.56 Å². The normalized spacial score (nSPS) is 13.2. The van der Waals surface area contributed by atoms with Crippen LogP contribution in [0.25, 0.3) is 0 Å². The van der Waals surface area contributed by atoms with E-state index < -0.39 is 5.60 Å². The molecule has 0 saturated heterocycles. The Morgan fingerprint density at radius 3 is 2.48 bits per heavy atom. The van der Waals surface area contributed by atoms with Gasteiger partial charge < -0.3 is 15.3 Å². The minimum absolute atomic E-state index is 0.0731. The van der Waals surface area contributed by atoms with Crippen molar-refractivity contribution in [2.24, 2.45) is 0 Å². The van der Waals surface area contributed by atoms with Gasteiger partial charge >= 0.3 is 0 Å². The molecule has 0 spiro atoms. The number of pyridine rings is 1. The molecule has 5 heteroatoms. The fraction of sp³-hybridized carbons (Fsp3) is 0.333. The summed E-state index contributed by atoms with van der Waals surface area (Å²) < 4.78 is 0. The van der Waals surface area contributed by atoms with E-state index >= 15 is 0 Å². The third kappa shape index (κ3) is 4.53. The van der Waals surface area contributed by atoms with Gasteiger partial charge in [0.05, 0.1) is 11.2 Å². The van der Waals surface area contributed by atoms with Crippen molar-refractivity contribution in [2.75, 3.05) is 26.0 Å². The van der Waals surface area contributed by atoms with Crippen LogP contribution in [0, 0.1) is 0 Å². The Bertz CT molecular complexity index is 637. The third-order valence-corrected chi connectivity index (χ3v) is 3.73. The van der Waals surface area contributed by atoms with Gasteiger partial charge in [0, 0.05) is 26.8 Å². The second-order valence-electron chi connectivity index (χ2n) is 5.95. The topological polar surface area (TPSA) is 65.5 Å². The highest BCUT2D eigenvalue weighted by molar-refractivity contribution is 5.93. The van der Waals surface area contributed by atoms with Gasteiger partial charge in [0.2, 0.25) is 0 Å². The minimum atomic E-state index is -0.894. The van der Waals surface area contributed by atoms with E-state index in [0.29, 0.717) is 24.3 Å². The molecule has 0 aliphatic rings. The maximum Gasteiger partial charge on any atom is 0.254 e. The van der Waals surface area contributed by atoms with E-state index in [1.54, 1.807) is 39.3 Å². The Kier molecular flexibility index (Phi) is 5.34. The Morgan fingerprint density at radius 2 is 1.91 bits per heavy atom. The third-order valence-electron chi connectivity index (χ3n) is 3.73. The van der Waals surface area contributed by atoms with E-state index in [1.807, 2.05) is 30.3 Å². The van der Waals surface area contributed by atoms with Crippen LogP contribution < -0.4 is 5.32 Å². The highest BCUT2D eigenvalue weighted by Gasteiger charge is 2.22. The summed E-state index contributed by atoms with van der Waals surface area (Å²) in [5, 5.41) is 13.7. The smallest absolute Gasteiger partial charge is 0.254 e. The molecule has 122 valence electrons. The molecule has 1 heterocycles. The lowest BCUT2D eigenvalue weighted by molar-refractivity contribution is 0.0515. The van der Waals surface area contributed by atoms with Gasteiger partial charge in [0.25, 0.3) is 5.91 Å². The van der Waals surface area contributed by atoms with Crippen LogP contribution in [0.3, 0.4) is 0 Å². The maximum atomic E-state index is 11.8. The summed E-state index contributed by atoms with van der Waals surface area (Å²) in [5.41, 5.74) is 0.549. The number of carbonyl (C=O) groups is 1. The molecule has 1 atom stereocenters. The molecule has 0 radical (unpaired) electrons. The number of aromatic nitrogens is 1. The largest absolute Gasteiger partial charge is 0.385 e. The zero-order valence-corrected chi connectivity index (χ0v) is 13.8. The van der Waals surface area contributed by atoms with Gasteiger partial charge in [-0.3, -0.25) is 4.79 Å². The Morgan fingerprint density at radius 1 is 1.22 bits per heavy atom. The van der Waals surface area contributed by atoms with Crippen molar-refractivity contribution >= 4 is 11.7 Å². The molecule has 1 amide bonds. The molecule has 0 aliphatic heterocycles. The molecule has 0 bridgehead atoms. The maximum absolute atomic E-state index is 11.8. The van der Waals surface area contributed by atoms with Gasteiger partial charge in [0.1, 0.15) is 5.82 Å². The fourth-order valence-corrected chi connectivity index (χ4v) is 2.26. The number of hydrogen-bond acceptors (Lipinski definition) is 4. The van der Waals surface area contributed by atoms with Crippen molar-refractivity contribution in [2.45, 2.75) is 18.9 Å². The standard InChI is InChI=1S/C18H23N3O2/c1-18(23,15-7-5-4-6-8-15)11-12-19-16-10-9-14(13-20-16)17(22)21(2)3/h4-10,13,23H,11-12H2,1-3H3,(H,19,20). The van der Waals surface area contributed by atoms with Crippen molar-refractivity contribution < 1.29 is 9.90 Å². The van der Waals surface area contributed by atoms with Crippen LogP contribution in [0.1, 0.15) is 29.3 Å². The molecule has 5 nitrogen and oxygen atoms in total. The van der Waals surface area contributed by atoms with Crippen molar-refractivity contribution in [3.63, 3.8) is 0 Å². The van der Waals surface area contributed by atoms with Gasteiger partial charge in [-0.2, -0.15) is 0 Å². The van der Waals surface area contributed by atoms with Gasteiger partial charge in [-0.15, -0.1) is 0 Å². The average Bonchev–Trinajstić information content (AvgIpc) is 2.55. The highest BCUT2D eigenvalue weighted by Crippen LogP contribution is 2.23. The number of benzene rings is 1. The molecular weight excluding hydrogens is 290 g/mol. The Balaban J connectivity index is 1.90. The summed E-state index contributed by atoms with van der Waals surface area (Å²) in [5.74, 6) is 0.611. The van der Waals surface area contributed by atoms with Crippen LogP contribution in [-0.2, 0) is 5.60 Å². The van der Waals surface area contributed by atoms with Crippen LogP contribution in [0.4, 0.5) is 5.82 Å². The summed E-state index contributed by atoms with van der Waals surface area (Å²) in [7, 11) is 3.42. The molecule has 2 aromatic rings. The lowest BCUT2D eigenvalue weighted by Gasteiger charge is -2.24. The summed E-state index contributed by atoms with van der Waals surface area (Å²) in [6, 6.07) is 13.1. The summed E-state index contributed by atoms with van der Waals surface area (Å²) in [6.45, 7) is 2.38. The molecule has 0 aliphatic carbocycles. The fourth-order valence-electron chi connectivity index (χ4n) is 2.26. The van der Waals surface area contributed by atoms with Crippen molar-refractivity contribution in [3.8, 4) is 0 Å². The number of amides is 1. The minimum Gasteiger partial charge on any atom is -0.385 e. The van der Waals surface area contributed by atoms with Crippen LogP contribution >= 0.6 is 0 Å². The number of rotatable bonds is 6. The quantitative estimate of drug-likeness (QED) is 0.860. The monoisotopic (exact) mass is 313 g/mol. The second kappa shape index (κ2) is 7.24. The number of aliphatic hydroxyl groups is 1. The summed E-state index contributed by atoms with van der Waals surface area (Å²) in [4.78, 5) is 17.5. The predicted octanol–water partition coefficient (Wildman–Crippen LogP) is 2.49. The SMILES string of the molecule is CN(C)C(=O)c1ccc(NCCC(C)(O)c2ccccc2)nc1. The van der Waals surface area contributed by atoms with E-state index in [2.05, 4.69) is 10.3 Å². The van der Waals surface area contributed by atoms with Gasteiger partial charge in [0.15, 0.2) is 0 Å². The van der Waals surface area contributed by atoms with Crippen LogP contribution in [0.2, 0.25) is 0 Å². The zero-order valence-electron chi connectivity index (χ0n) is 13.8. The second-order valence-corrected chi connectivity index (χ2v) is 5.95. The lowest BCUT2D eigenvalue weighted by Crippen LogP contribution is -2.25. The van der Waals surface area contributed by atoms with E-state index in [4.69, 9.17) is 0 Å². The zero-order chi connectivity index (χ0) is 16.9. The molecule has 2 rings (SSSR count). The first-order chi connectivity index (χ1) is 10.9. The summed E-state index contributed by atoms with van der Waals surface area (Å²) in [6.07, 6.45) is 2.11. The predicted molar refractivity (Wildman–Crippen MR) is 91.4 cm³/mol. The Hall–Kier alpha value is -2.40. The first-order valence-electron chi connectivity index (χ1n) is 7.59. The Labute approximate surface area is 137 Å². The van der Waals surface area contributed by atoms with Crippen molar-refractivity contribution in [1.82, 2.24) is 9.88 Å². The average molecular weight is 313 g/mol. The number of nitrogens with one attached hydrogen (secondary N) is 1.